The summed E-state index contributed by atoms with van der Waals surface area (Å²) in [5, 5.41) is 9.77. The Morgan fingerprint density at radius 2 is 2.10 bits per heavy atom. The average molecular weight is 273 g/mol. The Balaban J connectivity index is 1.92. The molecule has 5 heteroatoms. The van der Waals surface area contributed by atoms with Crippen LogP contribution in [0.4, 0.5) is 0 Å². The van der Waals surface area contributed by atoms with Crippen molar-refractivity contribution in [3.63, 3.8) is 0 Å². The summed E-state index contributed by atoms with van der Waals surface area (Å²) in [6, 6.07) is 7.39. The fourth-order valence-corrected chi connectivity index (χ4v) is 2.31. The number of fused-ring (bicyclic) bond motifs is 1. The molecule has 1 N–H and O–H groups in total. The molecular formula is C15H15NO4. The summed E-state index contributed by atoms with van der Waals surface area (Å²) >= 11 is 0. The molecule has 1 amide bonds. The lowest BCUT2D eigenvalue weighted by atomic mass is 10.2. The lowest BCUT2D eigenvalue weighted by molar-refractivity contribution is -0.137. The van der Waals surface area contributed by atoms with Crippen molar-refractivity contribution in [2.24, 2.45) is 0 Å². The molecular weight excluding hydrogens is 258 g/mol. The van der Waals surface area contributed by atoms with Crippen LogP contribution in [0.15, 0.2) is 28.7 Å². The third kappa shape index (κ3) is 2.39. The van der Waals surface area contributed by atoms with Gasteiger partial charge in [-0.3, -0.25) is 9.59 Å². The first-order valence-corrected chi connectivity index (χ1v) is 6.57. The molecule has 0 atom stereocenters. The number of nitrogens with zero attached hydrogens (tertiary/aromatic N) is 1. The van der Waals surface area contributed by atoms with Crippen LogP contribution >= 0.6 is 0 Å². The van der Waals surface area contributed by atoms with Crippen LogP contribution in [0.5, 0.6) is 0 Å². The van der Waals surface area contributed by atoms with Crippen LogP contribution in [0, 0.1) is 6.92 Å². The maximum Gasteiger partial charge on any atom is 0.323 e. The van der Waals surface area contributed by atoms with E-state index in [1.54, 1.807) is 6.07 Å². The van der Waals surface area contributed by atoms with E-state index in [2.05, 4.69) is 0 Å². The quantitative estimate of drug-likeness (QED) is 0.928. The van der Waals surface area contributed by atoms with Crippen molar-refractivity contribution < 1.29 is 19.1 Å². The summed E-state index contributed by atoms with van der Waals surface area (Å²) in [6.07, 6.45) is 1.72. The van der Waals surface area contributed by atoms with Crippen LogP contribution in [0.1, 0.15) is 29.0 Å². The summed E-state index contributed by atoms with van der Waals surface area (Å²) in [6.45, 7) is 1.69. The van der Waals surface area contributed by atoms with E-state index in [4.69, 9.17) is 9.52 Å². The number of aliphatic carboxylic acids is 1. The van der Waals surface area contributed by atoms with Crippen molar-refractivity contribution in [2.75, 3.05) is 6.54 Å². The SMILES string of the molecule is Cc1ccc2oc(C(=O)N(CC(=O)O)C3CC3)cc2c1. The molecule has 20 heavy (non-hydrogen) atoms. The van der Waals surface area contributed by atoms with Gasteiger partial charge in [-0.15, -0.1) is 0 Å². The molecule has 0 radical (unpaired) electrons. The van der Waals surface area contributed by atoms with E-state index in [0.717, 1.165) is 23.8 Å². The lowest BCUT2D eigenvalue weighted by Gasteiger charge is -2.18. The average Bonchev–Trinajstić information content (AvgIpc) is 3.14. The second-order valence-electron chi connectivity index (χ2n) is 5.21. The molecule has 1 saturated carbocycles. The number of carboxylic acid groups (broad SMARTS) is 1. The number of hydrogen-bond donors (Lipinski definition) is 1. The van der Waals surface area contributed by atoms with Gasteiger partial charge in [-0.25, -0.2) is 0 Å². The number of aryl methyl sites for hydroxylation is 1. The zero-order valence-electron chi connectivity index (χ0n) is 11.1. The third-order valence-electron chi connectivity index (χ3n) is 3.44. The van der Waals surface area contributed by atoms with Crippen molar-refractivity contribution >= 4 is 22.8 Å². The topological polar surface area (TPSA) is 70.8 Å². The highest BCUT2D eigenvalue weighted by molar-refractivity contribution is 5.97. The van der Waals surface area contributed by atoms with Crippen molar-refractivity contribution in [1.82, 2.24) is 4.90 Å². The predicted octanol–water partition coefficient (Wildman–Crippen LogP) is 2.43. The van der Waals surface area contributed by atoms with E-state index >= 15 is 0 Å². The van der Waals surface area contributed by atoms with E-state index in [9.17, 15) is 9.59 Å². The normalized spacial score (nSPS) is 14.4. The maximum atomic E-state index is 12.4. The van der Waals surface area contributed by atoms with Crippen LogP contribution in [-0.4, -0.2) is 34.5 Å². The number of carboxylic acids is 1. The Hall–Kier alpha value is -2.30. The molecule has 1 heterocycles. The molecule has 0 bridgehead atoms. The van der Waals surface area contributed by atoms with Gasteiger partial charge in [0.1, 0.15) is 12.1 Å². The van der Waals surface area contributed by atoms with Gasteiger partial charge < -0.3 is 14.4 Å². The Kier molecular flexibility index (Phi) is 2.97. The minimum Gasteiger partial charge on any atom is -0.480 e. The molecule has 1 aliphatic rings. The molecule has 2 aromatic rings. The maximum absolute atomic E-state index is 12.4. The predicted molar refractivity (Wildman–Crippen MR) is 72.6 cm³/mol. The summed E-state index contributed by atoms with van der Waals surface area (Å²) < 4.78 is 5.54. The highest BCUT2D eigenvalue weighted by Crippen LogP contribution is 2.29. The second kappa shape index (κ2) is 4.67. The number of hydrogen-bond acceptors (Lipinski definition) is 3. The van der Waals surface area contributed by atoms with Crippen LogP contribution in [0.3, 0.4) is 0 Å². The Morgan fingerprint density at radius 3 is 2.75 bits per heavy atom. The molecule has 1 aliphatic carbocycles. The first kappa shape index (κ1) is 12.7. The van der Waals surface area contributed by atoms with E-state index in [1.165, 1.54) is 4.90 Å². The van der Waals surface area contributed by atoms with Gasteiger partial charge in [-0.1, -0.05) is 11.6 Å². The highest BCUT2D eigenvalue weighted by atomic mass is 16.4. The zero-order chi connectivity index (χ0) is 14.3. The molecule has 0 saturated heterocycles. The minimum absolute atomic E-state index is 0.0357. The fourth-order valence-electron chi connectivity index (χ4n) is 2.31. The van der Waals surface area contributed by atoms with Crippen LogP contribution in [0.2, 0.25) is 0 Å². The Bertz CT molecular complexity index is 684. The van der Waals surface area contributed by atoms with Crippen LogP contribution in [0.25, 0.3) is 11.0 Å². The number of furan rings is 1. The number of amides is 1. The van der Waals surface area contributed by atoms with E-state index in [1.807, 2.05) is 25.1 Å². The number of carbonyl (C=O) groups excluding carboxylic acids is 1. The summed E-state index contributed by atoms with van der Waals surface area (Å²) in [5.74, 6) is -1.14. The lowest BCUT2D eigenvalue weighted by Crippen LogP contribution is -2.37. The first-order valence-electron chi connectivity index (χ1n) is 6.57. The van der Waals surface area contributed by atoms with Gasteiger partial charge in [0.15, 0.2) is 5.76 Å². The van der Waals surface area contributed by atoms with Gasteiger partial charge in [-0.2, -0.15) is 0 Å². The number of benzene rings is 1. The number of rotatable bonds is 4. The molecule has 0 unspecified atom stereocenters. The van der Waals surface area contributed by atoms with Gasteiger partial charge >= 0.3 is 5.97 Å². The Morgan fingerprint density at radius 1 is 1.35 bits per heavy atom. The highest BCUT2D eigenvalue weighted by Gasteiger charge is 2.35. The third-order valence-corrected chi connectivity index (χ3v) is 3.44. The largest absolute Gasteiger partial charge is 0.480 e. The van der Waals surface area contributed by atoms with Gasteiger partial charge in [0, 0.05) is 11.4 Å². The van der Waals surface area contributed by atoms with Gasteiger partial charge in [0.2, 0.25) is 0 Å². The molecule has 0 spiro atoms. The first-order chi connectivity index (χ1) is 9.54. The summed E-state index contributed by atoms with van der Waals surface area (Å²) in [4.78, 5) is 24.6. The van der Waals surface area contributed by atoms with E-state index in [-0.39, 0.29) is 24.3 Å². The monoisotopic (exact) mass is 273 g/mol. The van der Waals surface area contributed by atoms with E-state index < -0.39 is 5.97 Å². The fraction of sp³-hybridized carbons (Fsp3) is 0.333. The smallest absolute Gasteiger partial charge is 0.323 e. The van der Waals surface area contributed by atoms with Gasteiger partial charge in [0.25, 0.3) is 5.91 Å². The molecule has 0 aliphatic heterocycles. The standard InChI is InChI=1S/C15H15NO4/c1-9-2-5-12-10(6-9)7-13(20-12)15(19)16(8-14(17)18)11-3-4-11/h2,5-7,11H,3-4,8H2,1H3,(H,17,18). The van der Waals surface area contributed by atoms with Crippen molar-refractivity contribution in [3.8, 4) is 0 Å². The minimum atomic E-state index is -1.00. The molecule has 3 rings (SSSR count). The Labute approximate surface area is 115 Å². The number of carbonyl (C=O) groups is 2. The molecule has 104 valence electrons. The van der Waals surface area contributed by atoms with Gasteiger partial charge in [0.05, 0.1) is 0 Å². The summed E-state index contributed by atoms with van der Waals surface area (Å²) in [5.41, 5.74) is 1.73. The molecule has 1 fully saturated rings. The van der Waals surface area contributed by atoms with Crippen LogP contribution < -0.4 is 0 Å². The van der Waals surface area contributed by atoms with Gasteiger partial charge in [-0.05, 0) is 38.0 Å². The van der Waals surface area contributed by atoms with Crippen molar-refractivity contribution in [1.29, 1.82) is 0 Å². The second-order valence-corrected chi connectivity index (χ2v) is 5.21. The van der Waals surface area contributed by atoms with Crippen molar-refractivity contribution in [3.05, 3.63) is 35.6 Å². The summed E-state index contributed by atoms with van der Waals surface area (Å²) in [7, 11) is 0. The zero-order valence-corrected chi connectivity index (χ0v) is 11.1. The molecule has 5 nitrogen and oxygen atoms in total. The molecule has 1 aromatic heterocycles. The van der Waals surface area contributed by atoms with E-state index in [0.29, 0.717) is 5.58 Å². The van der Waals surface area contributed by atoms with Crippen LogP contribution in [-0.2, 0) is 4.79 Å². The van der Waals surface area contributed by atoms with Crippen molar-refractivity contribution in [2.45, 2.75) is 25.8 Å². The molecule has 1 aromatic carbocycles.